The Balaban J connectivity index is 1.45. The minimum absolute atomic E-state index is 0.0485. The number of aryl methyl sites for hydroxylation is 1. The van der Waals surface area contributed by atoms with Crippen LogP contribution in [0.15, 0.2) is 28.8 Å². The topological polar surface area (TPSA) is 72.6 Å². The van der Waals surface area contributed by atoms with Crippen molar-refractivity contribution in [2.24, 2.45) is 5.92 Å². The van der Waals surface area contributed by atoms with Crippen LogP contribution in [0.2, 0.25) is 0 Å². The third kappa shape index (κ3) is 5.43. The van der Waals surface area contributed by atoms with Gasteiger partial charge in [0.05, 0.1) is 18.2 Å². The van der Waals surface area contributed by atoms with Crippen molar-refractivity contribution in [1.82, 2.24) is 9.88 Å². The van der Waals surface area contributed by atoms with Gasteiger partial charge in [-0.15, -0.1) is 0 Å². The first kappa shape index (κ1) is 21.9. The summed E-state index contributed by atoms with van der Waals surface area (Å²) in [7, 11) is 1.74. The van der Waals surface area contributed by atoms with Crippen LogP contribution >= 0.6 is 0 Å². The molecule has 0 atom stereocenters. The summed E-state index contributed by atoms with van der Waals surface area (Å²) < 4.78 is 38.1. The molecule has 1 aliphatic carbocycles. The van der Waals surface area contributed by atoms with Crippen molar-refractivity contribution in [3.05, 3.63) is 41.9 Å². The van der Waals surface area contributed by atoms with Crippen LogP contribution < -0.4 is 0 Å². The van der Waals surface area contributed by atoms with E-state index in [1.807, 2.05) is 0 Å². The second kappa shape index (κ2) is 9.82. The summed E-state index contributed by atoms with van der Waals surface area (Å²) in [5, 5.41) is 0. The summed E-state index contributed by atoms with van der Waals surface area (Å²) in [5.74, 6) is -1.51. The molecule has 0 spiro atoms. The fourth-order valence-electron chi connectivity index (χ4n) is 3.63. The second-order valence-electron chi connectivity index (χ2n) is 7.79. The third-order valence-electron chi connectivity index (χ3n) is 5.59. The molecule has 0 N–H and O–H groups in total. The first-order valence-electron chi connectivity index (χ1n) is 10.2. The molecule has 162 valence electrons. The number of carbonyl (C=O) groups is 2. The molecule has 1 fully saturated rings. The van der Waals surface area contributed by atoms with Gasteiger partial charge in [0.25, 0.3) is 5.91 Å². The first-order chi connectivity index (χ1) is 14.3. The van der Waals surface area contributed by atoms with E-state index in [9.17, 15) is 18.4 Å². The number of rotatable bonds is 7. The van der Waals surface area contributed by atoms with Crippen LogP contribution in [0.5, 0.6) is 0 Å². The molecule has 1 aromatic carbocycles. The number of hydrogen-bond donors (Lipinski definition) is 0. The zero-order chi connectivity index (χ0) is 21.7. The highest BCUT2D eigenvalue weighted by Crippen LogP contribution is 2.27. The molecule has 0 saturated heterocycles. The third-order valence-corrected chi connectivity index (χ3v) is 5.59. The van der Waals surface area contributed by atoms with Crippen LogP contribution in [0.4, 0.5) is 8.78 Å². The molecular formula is C22H26F2N2O4. The van der Waals surface area contributed by atoms with Crippen molar-refractivity contribution in [2.45, 2.75) is 51.5 Å². The predicted molar refractivity (Wildman–Crippen MR) is 105 cm³/mol. The molecule has 8 heteroatoms. The van der Waals surface area contributed by atoms with Crippen molar-refractivity contribution in [2.75, 3.05) is 13.7 Å². The predicted octanol–water partition coefficient (Wildman–Crippen LogP) is 4.13. The zero-order valence-electron chi connectivity index (χ0n) is 17.2. The van der Waals surface area contributed by atoms with Gasteiger partial charge in [0, 0.05) is 19.5 Å². The molecule has 6 nitrogen and oxygen atoms in total. The molecule has 30 heavy (non-hydrogen) atoms. The lowest BCUT2D eigenvalue weighted by atomic mass is 9.87. The zero-order valence-corrected chi connectivity index (χ0v) is 17.2. The molecule has 2 aromatic rings. The molecule has 1 amide bonds. The van der Waals surface area contributed by atoms with Crippen LogP contribution in [0.3, 0.4) is 0 Å². The number of amides is 1. The lowest BCUT2D eigenvalue weighted by Crippen LogP contribution is -2.41. The smallest absolute Gasteiger partial charge is 0.306 e. The average molecular weight is 420 g/mol. The number of oxazole rings is 1. The number of halogens is 2. The van der Waals surface area contributed by atoms with Crippen molar-refractivity contribution < 1.29 is 27.5 Å². The van der Waals surface area contributed by atoms with Gasteiger partial charge in [-0.1, -0.05) is 13.0 Å². The molecule has 1 heterocycles. The van der Waals surface area contributed by atoms with E-state index in [4.69, 9.17) is 9.15 Å². The van der Waals surface area contributed by atoms with Gasteiger partial charge in [0.2, 0.25) is 0 Å². The van der Waals surface area contributed by atoms with Gasteiger partial charge >= 0.3 is 5.97 Å². The normalized spacial score (nSPS) is 18.8. The van der Waals surface area contributed by atoms with Gasteiger partial charge in [-0.3, -0.25) is 9.59 Å². The molecule has 0 radical (unpaired) electrons. The number of ether oxygens (including phenoxy) is 1. The Labute approximate surface area is 174 Å². The number of carbonyl (C=O) groups excluding carboxylic acids is 2. The number of likely N-dealkylation sites (N-methyl/N-ethyl adjacent to an activating group) is 1. The summed E-state index contributed by atoms with van der Waals surface area (Å²) in [4.78, 5) is 29.9. The maximum atomic E-state index is 13.8. The maximum absolute atomic E-state index is 13.8. The number of benzene rings is 1. The van der Waals surface area contributed by atoms with Crippen LogP contribution in [0.1, 0.15) is 44.9 Å². The van der Waals surface area contributed by atoms with E-state index in [0.29, 0.717) is 5.92 Å². The highest BCUT2D eigenvalue weighted by molar-refractivity contribution is 5.80. The lowest BCUT2D eigenvalue weighted by molar-refractivity contribution is -0.152. The van der Waals surface area contributed by atoms with E-state index >= 15 is 0 Å². The number of esters is 1. The van der Waals surface area contributed by atoms with Gasteiger partial charge in [-0.25, -0.2) is 13.8 Å². The molecule has 0 bridgehead atoms. The van der Waals surface area contributed by atoms with Gasteiger partial charge in [0.15, 0.2) is 18.3 Å². The molecule has 0 unspecified atom stereocenters. The fourth-order valence-corrected chi connectivity index (χ4v) is 3.63. The van der Waals surface area contributed by atoms with Crippen LogP contribution in [-0.4, -0.2) is 41.5 Å². The SMILES string of the molecule is CC1CCC(N(C)C(=O)COC(=O)CCc2ncc(-c3c(F)cccc3F)o2)CC1. The van der Waals surface area contributed by atoms with Crippen molar-refractivity contribution in [3.63, 3.8) is 0 Å². The number of nitrogens with zero attached hydrogens (tertiary/aromatic N) is 2. The Bertz CT molecular complexity index is 871. The summed E-state index contributed by atoms with van der Waals surface area (Å²) in [5.41, 5.74) is -0.301. The molecule has 0 aliphatic heterocycles. The van der Waals surface area contributed by atoms with Crippen LogP contribution in [0, 0.1) is 17.6 Å². The molecule has 3 rings (SSSR count). The fraction of sp³-hybridized carbons (Fsp3) is 0.500. The summed E-state index contributed by atoms with van der Waals surface area (Å²) >= 11 is 0. The van der Waals surface area contributed by atoms with Crippen molar-refractivity contribution >= 4 is 11.9 Å². The van der Waals surface area contributed by atoms with Gasteiger partial charge < -0.3 is 14.1 Å². The first-order valence-corrected chi connectivity index (χ1v) is 10.2. The molecule has 1 aliphatic rings. The van der Waals surface area contributed by atoms with Gasteiger partial charge in [0.1, 0.15) is 11.6 Å². The molecule has 1 saturated carbocycles. The Morgan fingerprint density at radius 3 is 2.53 bits per heavy atom. The minimum Gasteiger partial charge on any atom is -0.456 e. The highest BCUT2D eigenvalue weighted by Gasteiger charge is 2.25. The Morgan fingerprint density at radius 1 is 1.20 bits per heavy atom. The standard InChI is InChI=1S/C22H26F2N2O4/c1-14-6-8-15(9-7-14)26(2)20(27)13-29-21(28)11-10-19-25-12-18(30-19)22-16(23)4-3-5-17(22)24/h3-5,12,14-15H,6-11,13H2,1-2H3. The van der Waals surface area contributed by atoms with Crippen molar-refractivity contribution in [1.29, 1.82) is 0 Å². The summed E-state index contributed by atoms with van der Waals surface area (Å²) in [6.07, 6.45) is 5.37. The highest BCUT2D eigenvalue weighted by atomic mass is 19.1. The van der Waals surface area contributed by atoms with Gasteiger partial charge in [-0.2, -0.15) is 0 Å². The monoisotopic (exact) mass is 420 g/mol. The minimum atomic E-state index is -0.757. The van der Waals surface area contributed by atoms with Crippen molar-refractivity contribution in [3.8, 4) is 11.3 Å². The summed E-state index contributed by atoms with van der Waals surface area (Å²) in [6.45, 7) is 1.90. The second-order valence-corrected chi connectivity index (χ2v) is 7.79. The Kier molecular flexibility index (Phi) is 7.18. The Morgan fingerprint density at radius 2 is 1.87 bits per heavy atom. The Hall–Kier alpha value is -2.77. The van der Waals surface area contributed by atoms with Crippen LogP contribution in [0.25, 0.3) is 11.3 Å². The van der Waals surface area contributed by atoms with E-state index in [1.165, 1.54) is 12.3 Å². The average Bonchev–Trinajstić information content (AvgIpc) is 3.19. The maximum Gasteiger partial charge on any atom is 0.306 e. The van der Waals surface area contributed by atoms with Gasteiger partial charge in [-0.05, 0) is 43.7 Å². The summed E-state index contributed by atoms with van der Waals surface area (Å²) in [6, 6.07) is 3.70. The van der Waals surface area contributed by atoms with E-state index in [0.717, 1.165) is 37.8 Å². The van der Waals surface area contributed by atoms with E-state index in [1.54, 1.807) is 11.9 Å². The van der Waals surface area contributed by atoms with Crippen LogP contribution in [-0.2, 0) is 20.7 Å². The largest absolute Gasteiger partial charge is 0.456 e. The number of hydrogen-bond acceptors (Lipinski definition) is 5. The quantitative estimate of drug-likeness (QED) is 0.630. The van der Waals surface area contributed by atoms with E-state index in [-0.39, 0.29) is 48.6 Å². The number of aromatic nitrogens is 1. The lowest BCUT2D eigenvalue weighted by Gasteiger charge is -2.33. The van der Waals surface area contributed by atoms with E-state index in [2.05, 4.69) is 11.9 Å². The van der Waals surface area contributed by atoms with E-state index < -0.39 is 17.6 Å². The molecular weight excluding hydrogens is 394 g/mol. The molecule has 1 aromatic heterocycles.